The minimum Gasteiger partial charge on any atom is -0.497 e. The molecule has 2 N–H and O–H groups in total. The monoisotopic (exact) mass is 380 g/mol. The van der Waals surface area contributed by atoms with E-state index in [1.165, 1.54) is 0 Å². The highest BCUT2D eigenvalue weighted by Crippen LogP contribution is 3.02. The van der Waals surface area contributed by atoms with Gasteiger partial charge in [0.05, 0.1) is 7.11 Å². The second kappa shape index (κ2) is 6.90. The number of hydrogen-bond donors (Lipinski definition) is 2. The predicted octanol–water partition coefficient (Wildman–Crippen LogP) is 3.71. The average molecular weight is 381 g/mol. The highest BCUT2D eigenvalue weighted by molar-refractivity contribution is 8.45. The maximum absolute atomic E-state index is 12.4. The molecule has 1 aromatic carbocycles. The van der Waals surface area contributed by atoms with Gasteiger partial charge in [-0.15, -0.1) is 4.05 Å². The number of rotatable bonds is 4. The maximum atomic E-state index is 12.4. The molecule has 0 saturated heterocycles. The van der Waals surface area contributed by atoms with E-state index in [1.54, 1.807) is 0 Å². The Morgan fingerprint density at radius 1 is 1.18 bits per heavy atom. The van der Waals surface area contributed by atoms with Crippen molar-refractivity contribution >= 4 is 51.1 Å². The Bertz CT molecular complexity index is 514. The zero-order chi connectivity index (χ0) is 17.8. The van der Waals surface area contributed by atoms with Crippen LogP contribution in [0.2, 0.25) is 4.05 Å². The summed E-state index contributed by atoms with van der Waals surface area (Å²) in [5.41, 5.74) is -0.432. The fourth-order valence-electron chi connectivity index (χ4n) is 1.14. The average Bonchev–Trinajstić information content (AvgIpc) is 2.35. The maximum Gasteiger partial charge on any atom is 0.503 e. The lowest BCUT2D eigenvalue weighted by Crippen LogP contribution is -2.31. The molecule has 0 atom stereocenters. The van der Waals surface area contributed by atoms with Gasteiger partial charge in [0.1, 0.15) is 10.6 Å². The molecule has 0 spiro atoms. The molecule has 1 rings (SSSR count). The van der Waals surface area contributed by atoms with Gasteiger partial charge in [-0.25, -0.2) is 0 Å². The smallest absolute Gasteiger partial charge is 0.497 e. The molecule has 0 amide bonds. The van der Waals surface area contributed by atoms with Crippen molar-refractivity contribution in [2.75, 3.05) is 7.11 Å². The molecule has 0 saturated carbocycles. The van der Waals surface area contributed by atoms with Gasteiger partial charge in [-0.3, -0.25) is 0 Å². The summed E-state index contributed by atoms with van der Waals surface area (Å²) in [6.45, 7) is 4.30. The van der Waals surface area contributed by atoms with Gasteiger partial charge in [-0.05, 0) is 6.07 Å². The first-order chi connectivity index (χ1) is 9.62. The van der Waals surface area contributed by atoms with Gasteiger partial charge in [0.25, 0.3) is 0 Å². The van der Waals surface area contributed by atoms with Crippen LogP contribution >= 0.6 is 19.3 Å². The summed E-state index contributed by atoms with van der Waals surface area (Å²) in [6.07, 6.45) is 0. The van der Waals surface area contributed by atoms with Crippen molar-refractivity contribution in [1.82, 2.24) is 0 Å². The fourth-order valence-corrected chi connectivity index (χ4v) is 1.80. The summed E-state index contributed by atoms with van der Waals surface area (Å²) < 4.78 is 67.3. The molecule has 0 aromatic heterocycles. The Kier molecular flexibility index (Phi) is 6.91. The molecule has 3 nitrogen and oxygen atoms in total. The van der Waals surface area contributed by atoms with Crippen molar-refractivity contribution in [1.29, 1.82) is 0 Å². The molecule has 1 aromatic rings. The normalized spacial score (nSPS) is 14.2. The summed E-state index contributed by atoms with van der Waals surface area (Å²) >= 11 is -0.179. The van der Waals surface area contributed by atoms with Crippen LogP contribution in [0, 0.1) is 0 Å². The van der Waals surface area contributed by atoms with Crippen LogP contribution in [0.3, 0.4) is 0 Å². The molecule has 0 fully saturated rings. The minimum atomic E-state index is -9.79. The minimum absolute atomic E-state index is 0.0380. The molecule has 0 heterocycles. The lowest BCUT2D eigenvalue weighted by molar-refractivity contribution is 0.360. The van der Waals surface area contributed by atoms with Crippen LogP contribution in [-0.4, -0.2) is 43.5 Å². The van der Waals surface area contributed by atoms with Gasteiger partial charge in [-0.1, -0.05) is 39.3 Å². The largest absolute Gasteiger partial charge is 0.503 e. The molecule has 0 unspecified atom stereocenters. The van der Waals surface area contributed by atoms with Gasteiger partial charge in [-0.2, -0.15) is 0 Å². The number of halogens is 6. The standard InChI is InChI=1S/C7H8BF5O3S.C3H7.ClH.Mg/c1-16-7-4-5(17(9,10,11,12)13)2-3-6(7)8(14)15;1-3-2;;/h2-4,14-15H,1H3;3H,1-2H3;1H;/q;;;+1/p-1. The van der Waals surface area contributed by atoms with Crippen molar-refractivity contribution in [3.8, 4) is 5.75 Å². The molecular weight excluding hydrogens is 366 g/mol. The van der Waals surface area contributed by atoms with Crippen LogP contribution < -0.4 is 10.2 Å². The Balaban J connectivity index is 0.000000763. The van der Waals surface area contributed by atoms with E-state index in [0.29, 0.717) is 6.07 Å². The Hall–Kier alpha value is 0.0612. The molecule has 0 bridgehead atoms. The van der Waals surface area contributed by atoms with Gasteiger partial charge in [0, 0.05) is 11.5 Å². The van der Waals surface area contributed by atoms with Crippen LogP contribution in [0.15, 0.2) is 23.1 Å². The lowest BCUT2D eigenvalue weighted by Gasteiger charge is -2.40. The second-order valence-corrected chi connectivity index (χ2v) is 10.1. The van der Waals surface area contributed by atoms with E-state index in [2.05, 4.69) is 18.6 Å². The molecule has 12 heteroatoms. The SMILES string of the molecule is COc1cc(S(F)(F)(F)(F)F)ccc1B(O)O.C[CH](C)[Mg][Cl]. The quantitative estimate of drug-likeness (QED) is 0.618. The number of benzene rings is 1. The number of hydrogen-bond acceptors (Lipinski definition) is 3. The van der Waals surface area contributed by atoms with Crippen molar-refractivity contribution in [2.45, 2.75) is 22.8 Å². The number of methoxy groups -OCH3 is 1. The third-order valence-electron chi connectivity index (χ3n) is 2.24. The summed E-state index contributed by atoms with van der Waals surface area (Å²) in [4.78, 5) is -2.15. The van der Waals surface area contributed by atoms with Crippen molar-refractivity contribution in [3.05, 3.63) is 18.2 Å². The van der Waals surface area contributed by atoms with Gasteiger partial charge in [0.2, 0.25) is 0 Å². The van der Waals surface area contributed by atoms with Crippen molar-refractivity contribution in [2.24, 2.45) is 0 Å². The Morgan fingerprint density at radius 2 is 1.64 bits per heavy atom. The Morgan fingerprint density at radius 3 is 1.91 bits per heavy atom. The molecule has 126 valence electrons. The predicted molar refractivity (Wildman–Crippen MR) is 80.9 cm³/mol. The highest BCUT2D eigenvalue weighted by atomic mass is 35.5. The first-order valence-electron chi connectivity index (χ1n) is 5.96. The van der Waals surface area contributed by atoms with Crippen molar-refractivity contribution in [3.63, 3.8) is 0 Å². The van der Waals surface area contributed by atoms with E-state index in [0.717, 1.165) is 11.2 Å². The van der Waals surface area contributed by atoms with Crippen LogP contribution in [0.25, 0.3) is 0 Å². The van der Waals surface area contributed by atoms with Gasteiger partial charge < -0.3 is 23.9 Å². The van der Waals surface area contributed by atoms with Crippen LogP contribution in [0.4, 0.5) is 19.4 Å². The van der Waals surface area contributed by atoms with Gasteiger partial charge >= 0.3 is 36.6 Å². The molecule has 22 heavy (non-hydrogen) atoms. The van der Waals surface area contributed by atoms with E-state index < -0.39 is 33.5 Å². The van der Waals surface area contributed by atoms with E-state index in [-0.39, 0.29) is 31.4 Å². The lowest BCUT2D eigenvalue weighted by atomic mass is 9.79. The van der Waals surface area contributed by atoms with Crippen LogP contribution in [0.1, 0.15) is 13.8 Å². The highest BCUT2D eigenvalue weighted by Gasteiger charge is 2.65. The second-order valence-electron chi connectivity index (χ2n) is 4.79. The number of ether oxygens (including phenoxy) is 1. The topological polar surface area (TPSA) is 49.7 Å². The van der Waals surface area contributed by atoms with Crippen LogP contribution in [0.5, 0.6) is 5.75 Å². The molecule has 0 aliphatic carbocycles. The van der Waals surface area contributed by atoms with E-state index in [4.69, 9.17) is 19.1 Å². The molecule has 0 radical (unpaired) electrons. The van der Waals surface area contributed by atoms with Crippen LogP contribution in [-0.2, 0) is 0 Å². The molecular formula is C10H15BClF5MgO3S. The summed E-state index contributed by atoms with van der Waals surface area (Å²) in [7, 11) is -5.50. The molecule has 0 aliphatic heterocycles. The zero-order valence-electron chi connectivity index (χ0n) is 12.1. The summed E-state index contributed by atoms with van der Waals surface area (Å²) in [5.74, 6) is -0.675. The third kappa shape index (κ3) is 7.55. The first kappa shape index (κ1) is 22.1. The fraction of sp³-hybridized carbons (Fsp3) is 0.400. The van der Waals surface area contributed by atoms with E-state index >= 15 is 0 Å². The molecule has 0 aliphatic rings. The Labute approximate surface area is 139 Å². The van der Waals surface area contributed by atoms with E-state index in [1.807, 2.05) is 0 Å². The third-order valence-corrected chi connectivity index (χ3v) is 5.85. The van der Waals surface area contributed by atoms with Gasteiger partial charge in [0.15, 0.2) is 0 Å². The summed E-state index contributed by atoms with van der Waals surface area (Å²) in [6, 6.07) is 0.645. The van der Waals surface area contributed by atoms with E-state index in [9.17, 15) is 19.4 Å². The first-order valence-corrected chi connectivity index (χ1v) is 10.9. The van der Waals surface area contributed by atoms with Crippen molar-refractivity contribution < 1.29 is 34.2 Å². The summed E-state index contributed by atoms with van der Waals surface area (Å²) in [5, 5.41) is 17.5. The zero-order valence-corrected chi connectivity index (χ0v) is 15.1.